The average molecular weight is 464 g/mol. The minimum absolute atomic E-state index is 0.0111. The molecule has 0 saturated heterocycles. The molecule has 0 amide bonds. The zero-order valence-corrected chi connectivity index (χ0v) is 17.2. The van der Waals surface area contributed by atoms with Crippen LogP contribution < -0.4 is 0 Å². The van der Waals surface area contributed by atoms with Gasteiger partial charge in [0.1, 0.15) is 12.4 Å². The van der Waals surface area contributed by atoms with Crippen molar-refractivity contribution in [2.45, 2.75) is 32.8 Å². The summed E-state index contributed by atoms with van der Waals surface area (Å²) in [4.78, 5) is 18.0. The Hall–Kier alpha value is -3.11. The van der Waals surface area contributed by atoms with Crippen molar-refractivity contribution in [2.75, 3.05) is 13.6 Å². The van der Waals surface area contributed by atoms with E-state index in [1.165, 1.54) is 13.3 Å². The Kier molecular flexibility index (Phi) is 7.53. The van der Waals surface area contributed by atoms with Gasteiger partial charge in [-0.25, -0.2) is 14.2 Å². The number of rotatable bonds is 6. The minimum Gasteiger partial charge on any atom is -0.457 e. The number of nitrogens with zero attached hydrogens (tertiary/aromatic N) is 2. The monoisotopic (exact) mass is 464 g/mol. The highest BCUT2D eigenvalue weighted by Gasteiger charge is 2.37. The fourth-order valence-electron chi connectivity index (χ4n) is 2.54. The van der Waals surface area contributed by atoms with E-state index in [-0.39, 0.29) is 17.3 Å². The molecule has 0 aliphatic heterocycles. The van der Waals surface area contributed by atoms with Crippen LogP contribution in [0.5, 0.6) is 0 Å². The molecular weight excluding hydrogens is 445 g/mol. The Bertz CT molecular complexity index is 1010. The fourth-order valence-corrected chi connectivity index (χ4v) is 2.54. The van der Waals surface area contributed by atoms with Crippen molar-refractivity contribution in [1.82, 2.24) is 4.90 Å². The average Bonchev–Trinajstić information content (AvgIpc) is 2.69. The molecule has 2 rings (SSSR count). The zero-order valence-electron chi connectivity index (χ0n) is 17.2. The number of benzene rings is 2. The molecule has 2 aromatic carbocycles. The summed E-state index contributed by atoms with van der Waals surface area (Å²) in [6, 6.07) is 3.20. The first kappa shape index (κ1) is 25.2. The number of hydrogen-bond acceptors (Lipinski definition) is 3. The topological polar surface area (TPSA) is 41.9 Å². The number of carbonyl (C=O) groups is 1. The Balaban J connectivity index is 2.31. The van der Waals surface area contributed by atoms with Gasteiger partial charge in [-0.3, -0.25) is 0 Å². The van der Waals surface area contributed by atoms with Gasteiger partial charge in [0, 0.05) is 19.2 Å². The third-order valence-electron chi connectivity index (χ3n) is 4.49. The Labute approximate surface area is 179 Å². The van der Waals surface area contributed by atoms with Crippen molar-refractivity contribution in [1.29, 1.82) is 0 Å². The van der Waals surface area contributed by atoms with Crippen LogP contribution in [-0.2, 0) is 23.7 Å². The highest BCUT2D eigenvalue weighted by atomic mass is 19.4. The molecule has 174 valence electrons. The normalized spacial score (nSPS) is 12.3. The van der Waals surface area contributed by atoms with Crippen LogP contribution in [0.25, 0.3) is 0 Å². The summed E-state index contributed by atoms with van der Waals surface area (Å²) >= 11 is 0. The largest absolute Gasteiger partial charge is 0.457 e. The van der Waals surface area contributed by atoms with E-state index in [2.05, 4.69) is 4.99 Å². The third kappa shape index (κ3) is 6.21. The molecule has 4 nitrogen and oxygen atoms in total. The van der Waals surface area contributed by atoms with Gasteiger partial charge in [0.25, 0.3) is 0 Å². The maximum atomic E-state index is 13.9. The number of ether oxygens (including phenoxy) is 1. The number of esters is 1. The fraction of sp³-hybridized carbons (Fsp3) is 0.333. The van der Waals surface area contributed by atoms with Gasteiger partial charge in [-0.15, -0.1) is 0 Å². The first-order valence-corrected chi connectivity index (χ1v) is 9.23. The number of halogens is 7. The van der Waals surface area contributed by atoms with Crippen LogP contribution >= 0.6 is 0 Å². The minimum atomic E-state index is -4.91. The Morgan fingerprint density at radius 2 is 1.75 bits per heavy atom. The van der Waals surface area contributed by atoms with Crippen LogP contribution in [0.2, 0.25) is 0 Å². The van der Waals surface area contributed by atoms with Gasteiger partial charge in [0.05, 0.1) is 28.7 Å². The van der Waals surface area contributed by atoms with Crippen LogP contribution in [0, 0.1) is 12.7 Å². The number of carbonyl (C=O) groups excluding carboxylic acids is 1. The summed E-state index contributed by atoms with van der Waals surface area (Å²) in [6.07, 6.45) is -8.35. The Morgan fingerprint density at radius 3 is 2.28 bits per heavy atom. The standard InChI is InChI=1S/C21H19F7N2O2/c1-4-30(3)11-29-18-9-16(21(26,27)28)15(7-12(18)2)19(31)32-10-13-5-6-14(8-17(13)22)20(23,24)25/h5-9,11H,4,10H2,1-3H3/b29-11+. The molecule has 2 aromatic rings. The van der Waals surface area contributed by atoms with Gasteiger partial charge in [-0.1, -0.05) is 6.07 Å². The van der Waals surface area contributed by atoms with Crippen LogP contribution in [0.1, 0.15) is 39.5 Å². The van der Waals surface area contributed by atoms with Gasteiger partial charge in [0.2, 0.25) is 0 Å². The number of alkyl halides is 6. The highest BCUT2D eigenvalue weighted by Crippen LogP contribution is 2.37. The smallest absolute Gasteiger partial charge is 0.417 e. The van der Waals surface area contributed by atoms with Crippen LogP contribution in [0.3, 0.4) is 0 Å². The molecule has 11 heteroatoms. The summed E-state index contributed by atoms with van der Waals surface area (Å²) in [6.45, 7) is 2.99. The molecule has 0 aliphatic carbocycles. The first-order valence-electron chi connectivity index (χ1n) is 9.23. The van der Waals surface area contributed by atoms with Crippen LogP contribution in [0.15, 0.2) is 35.3 Å². The maximum Gasteiger partial charge on any atom is 0.417 e. The van der Waals surface area contributed by atoms with Gasteiger partial charge < -0.3 is 9.64 Å². The zero-order chi connectivity index (χ0) is 24.3. The molecule has 0 unspecified atom stereocenters. The quantitative estimate of drug-likeness (QED) is 0.223. The molecule has 0 radical (unpaired) electrons. The first-order chi connectivity index (χ1) is 14.7. The van der Waals surface area contributed by atoms with E-state index in [4.69, 9.17) is 4.74 Å². The number of aliphatic imine (C=N–C) groups is 1. The summed E-state index contributed by atoms with van der Waals surface area (Å²) in [5, 5.41) is 0. The van der Waals surface area contributed by atoms with Crippen molar-refractivity contribution in [3.8, 4) is 0 Å². The van der Waals surface area contributed by atoms with E-state index in [9.17, 15) is 35.5 Å². The van der Waals surface area contributed by atoms with E-state index in [0.717, 1.165) is 12.1 Å². The number of hydrogen-bond donors (Lipinski definition) is 0. The summed E-state index contributed by atoms with van der Waals surface area (Å²) in [7, 11) is 1.68. The summed E-state index contributed by atoms with van der Waals surface area (Å²) < 4.78 is 97.1. The van der Waals surface area contributed by atoms with Gasteiger partial charge in [-0.2, -0.15) is 26.3 Å². The second-order valence-corrected chi connectivity index (χ2v) is 6.88. The van der Waals surface area contributed by atoms with E-state index < -0.39 is 53.0 Å². The summed E-state index contributed by atoms with van der Waals surface area (Å²) in [5.74, 6) is -2.70. The molecule has 0 bridgehead atoms. The maximum absolute atomic E-state index is 13.9. The third-order valence-corrected chi connectivity index (χ3v) is 4.49. The predicted molar refractivity (Wildman–Crippen MR) is 103 cm³/mol. The van der Waals surface area contributed by atoms with Crippen molar-refractivity contribution < 1.29 is 40.3 Å². The molecule has 0 N–H and O–H groups in total. The van der Waals surface area contributed by atoms with Crippen LogP contribution in [0.4, 0.5) is 36.4 Å². The number of aryl methyl sites for hydroxylation is 1. The lowest BCUT2D eigenvalue weighted by atomic mass is 10.0. The van der Waals surface area contributed by atoms with Crippen molar-refractivity contribution in [2.24, 2.45) is 4.99 Å². The molecule has 0 aliphatic rings. The predicted octanol–water partition coefficient (Wildman–Crippen LogP) is 6.14. The van der Waals surface area contributed by atoms with Gasteiger partial charge >= 0.3 is 18.3 Å². The van der Waals surface area contributed by atoms with Crippen LogP contribution in [-0.4, -0.2) is 30.8 Å². The van der Waals surface area contributed by atoms with Gasteiger partial charge in [-0.05, 0) is 43.7 Å². The molecule has 0 heterocycles. The molecule has 0 spiro atoms. The highest BCUT2D eigenvalue weighted by molar-refractivity contribution is 5.92. The lowest BCUT2D eigenvalue weighted by Gasteiger charge is -2.16. The molecular formula is C21H19F7N2O2. The second-order valence-electron chi connectivity index (χ2n) is 6.88. The van der Waals surface area contributed by atoms with E-state index in [1.54, 1.807) is 11.9 Å². The lowest BCUT2D eigenvalue weighted by molar-refractivity contribution is -0.138. The van der Waals surface area contributed by atoms with E-state index >= 15 is 0 Å². The van der Waals surface area contributed by atoms with E-state index in [1.807, 2.05) is 6.92 Å². The van der Waals surface area contributed by atoms with Crippen molar-refractivity contribution in [3.63, 3.8) is 0 Å². The lowest BCUT2D eigenvalue weighted by Crippen LogP contribution is -2.16. The van der Waals surface area contributed by atoms with Crippen molar-refractivity contribution in [3.05, 3.63) is 64.0 Å². The second kappa shape index (κ2) is 9.58. The van der Waals surface area contributed by atoms with Crippen molar-refractivity contribution >= 4 is 18.0 Å². The van der Waals surface area contributed by atoms with Gasteiger partial charge in [0.15, 0.2) is 0 Å². The molecule has 0 fully saturated rings. The molecule has 0 saturated carbocycles. The summed E-state index contributed by atoms with van der Waals surface area (Å²) in [5.41, 5.74) is -3.53. The molecule has 32 heavy (non-hydrogen) atoms. The molecule has 0 atom stereocenters. The SMILES string of the molecule is CCN(C)/C=N/c1cc(C(F)(F)F)c(C(=O)OCc2ccc(C(F)(F)F)cc2F)cc1C. The molecule has 0 aromatic heterocycles. The van der Waals surface area contributed by atoms with E-state index in [0.29, 0.717) is 18.7 Å². The Morgan fingerprint density at radius 1 is 1.09 bits per heavy atom.